The predicted octanol–water partition coefficient (Wildman–Crippen LogP) is 4.47. The molecule has 0 radical (unpaired) electrons. The zero-order chi connectivity index (χ0) is 24.9. The minimum absolute atomic E-state index is 0.0516. The van der Waals surface area contributed by atoms with Crippen LogP contribution in [-0.4, -0.2) is 72.3 Å². The SMILES string of the molecule is CCN1CCN(Cc2ccc(NC(=O)C3CCN(C(=O)c4cccc5ccccc45)CC3)cc2)CC1. The van der Waals surface area contributed by atoms with E-state index in [4.69, 9.17) is 0 Å². The summed E-state index contributed by atoms with van der Waals surface area (Å²) in [6.07, 6.45) is 1.37. The maximum atomic E-state index is 13.2. The van der Waals surface area contributed by atoms with Crippen molar-refractivity contribution in [3.05, 3.63) is 77.9 Å². The number of piperidine rings is 1. The maximum absolute atomic E-state index is 13.2. The Morgan fingerprint density at radius 3 is 2.19 bits per heavy atom. The molecule has 3 aromatic rings. The van der Waals surface area contributed by atoms with Crippen LogP contribution < -0.4 is 5.32 Å². The van der Waals surface area contributed by atoms with Crippen LogP contribution >= 0.6 is 0 Å². The first-order chi connectivity index (χ1) is 17.6. The van der Waals surface area contributed by atoms with Crippen LogP contribution in [-0.2, 0) is 11.3 Å². The summed E-state index contributed by atoms with van der Waals surface area (Å²) in [6.45, 7) is 9.99. The molecule has 0 bridgehead atoms. The molecule has 2 saturated heterocycles. The third-order valence-corrected chi connectivity index (χ3v) is 7.71. The Morgan fingerprint density at radius 1 is 0.806 bits per heavy atom. The summed E-state index contributed by atoms with van der Waals surface area (Å²) in [5, 5.41) is 5.15. The molecule has 0 saturated carbocycles. The van der Waals surface area contributed by atoms with Crippen LogP contribution in [0.2, 0.25) is 0 Å². The lowest BCUT2D eigenvalue weighted by Gasteiger charge is -2.34. The lowest BCUT2D eigenvalue weighted by Crippen LogP contribution is -2.45. The van der Waals surface area contributed by atoms with E-state index in [2.05, 4.69) is 34.2 Å². The van der Waals surface area contributed by atoms with Gasteiger partial charge in [0.05, 0.1) is 0 Å². The van der Waals surface area contributed by atoms with E-state index in [1.807, 2.05) is 59.5 Å². The molecule has 36 heavy (non-hydrogen) atoms. The summed E-state index contributed by atoms with van der Waals surface area (Å²) in [7, 11) is 0. The quantitative estimate of drug-likeness (QED) is 0.561. The summed E-state index contributed by atoms with van der Waals surface area (Å²) in [6, 6.07) is 22.1. The number of amides is 2. The number of likely N-dealkylation sites (N-methyl/N-ethyl adjacent to an activating group) is 1. The molecule has 0 aromatic heterocycles. The first-order valence-corrected chi connectivity index (χ1v) is 13.2. The number of carbonyl (C=O) groups excluding carboxylic acids is 2. The van der Waals surface area contributed by atoms with Gasteiger partial charge in [0, 0.05) is 63.0 Å². The normalized spacial score (nSPS) is 17.9. The Labute approximate surface area is 213 Å². The van der Waals surface area contributed by atoms with E-state index >= 15 is 0 Å². The van der Waals surface area contributed by atoms with Crippen LogP contribution in [0.25, 0.3) is 10.8 Å². The highest BCUT2D eigenvalue weighted by atomic mass is 16.2. The van der Waals surface area contributed by atoms with Crippen molar-refractivity contribution in [2.45, 2.75) is 26.3 Å². The number of piperazine rings is 1. The van der Waals surface area contributed by atoms with Crippen molar-refractivity contribution >= 4 is 28.3 Å². The van der Waals surface area contributed by atoms with Crippen LogP contribution in [0.15, 0.2) is 66.7 Å². The summed E-state index contributed by atoms with van der Waals surface area (Å²) in [5.74, 6) is 0.0316. The number of nitrogens with zero attached hydrogens (tertiary/aromatic N) is 3. The number of benzene rings is 3. The average Bonchev–Trinajstić information content (AvgIpc) is 2.94. The van der Waals surface area contributed by atoms with Gasteiger partial charge in [0.1, 0.15) is 0 Å². The van der Waals surface area contributed by atoms with Gasteiger partial charge in [0.2, 0.25) is 5.91 Å². The van der Waals surface area contributed by atoms with Crippen molar-refractivity contribution in [1.29, 1.82) is 0 Å². The second-order valence-corrected chi connectivity index (χ2v) is 9.99. The molecular weight excluding hydrogens is 448 g/mol. The number of anilines is 1. The molecule has 0 atom stereocenters. The maximum Gasteiger partial charge on any atom is 0.254 e. The van der Waals surface area contributed by atoms with Crippen molar-refractivity contribution in [2.75, 3.05) is 51.1 Å². The van der Waals surface area contributed by atoms with Gasteiger partial charge >= 0.3 is 0 Å². The summed E-state index contributed by atoms with van der Waals surface area (Å²) < 4.78 is 0. The fraction of sp³-hybridized carbons (Fsp3) is 0.400. The van der Waals surface area contributed by atoms with Gasteiger partial charge in [0.25, 0.3) is 5.91 Å². The van der Waals surface area contributed by atoms with Gasteiger partial charge in [0.15, 0.2) is 0 Å². The molecule has 2 amide bonds. The highest BCUT2D eigenvalue weighted by Gasteiger charge is 2.28. The van der Waals surface area contributed by atoms with Gasteiger partial charge in [-0.15, -0.1) is 0 Å². The Morgan fingerprint density at radius 2 is 1.47 bits per heavy atom. The van der Waals surface area contributed by atoms with Gasteiger partial charge < -0.3 is 15.1 Å². The van der Waals surface area contributed by atoms with Crippen LogP contribution in [0.3, 0.4) is 0 Å². The molecule has 0 aliphatic carbocycles. The van der Waals surface area contributed by atoms with Gasteiger partial charge in [-0.1, -0.05) is 55.5 Å². The molecule has 0 spiro atoms. The zero-order valence-corrected chi connectivity index (χ0v) is 21.2. The number of fused-ring (bicyclic) bond motifs is 1. The molecule has 1 N–H and O–H groups in total. The first-order valence-electron chi connectivity index (χ1n) is 13.2. The van der Waals surface area contributed by atoms with Crippen LogP contribution in [0.1, 0.15) is 35.7 Å². The van der Waals surface area contributed by atoms with Crippen molar-refractivity contribution in [3.8, 4) is 0 Å². The summed E-state index contributed by atoms with van der Waals surface area (Å²) in [4.78, 5) is 33.0. The Bertz CT molecular complexity index is 1190. The van der Waals surface area contributed by atoms with Crippen molar-refractivity contribution in [3.63, 3.8) is 0 Å². The molecule has 188 valence electrons. The van der Waals surface area contributed by atoms with Gasteiger partial charge in [-0.3, -0.25) is 14.5 Å². The van der Waals surface area contributed by atoms with E-state index in [1.54, 1.807) is 0 Å². The number of likely N-dealkylation sites (tertiary alicyclic amines) is 1. The predicted molar refractivity (Wildman–Crippen MR) is 145 cm³/mol. The molecule has 5 rings (SSSR count). The number of carbonyl (C=O) groups is 2. The van der Waals surface area contributed by atoms with Crippen LogP contribution in [0.4, 0.5) is 5.69 Å². The van der Waals surface area contributed by atoms with E-state index in [9.17, 15) is 9.59 Å². The third kappa shape index (κ3) is 5.61. The van der Waals surface area contributed by atoms with Crippen LogP contribution in [0.5, 0.6) is 0 Å². The molecule has 6 nitrogen and oxygen atoms in total. The molecule has 3 aromatic carbocycles. The highest BCUT2D eigenvalue weighted by Crippen LogP contribution is 2.25. The fourth-order valence-corrected chi connectivity index (χ4v) is 5.39. The monoisotopic (exact) mass is 484 g/mol. The van der Waals surface area contributed by atoms with Crippen LogP contribution in [0, 0.1) is 5.92 Å². The molecule has 2 aliphatic heterocycles. The van der Waals surface area contributed by atoms with Gasteiger partial charge in [-0.25, -0.2) is 0 Å². The second kappa shape index (κ2) is 11.2. The standard InChI is InChI=1S/C30H36N4O2/c1-2-32-18-20-33(21-19-32)22-23-10-12-26(13-11-23)31-29(35)25-14-16-34(17-15-25)30(36)28-9-5-7-24-6-3-4-8-27(24)28/h3-13,25H,2,14-22H2,1H3,(H,31,35). The molecule has 2 heterocycles. The number of nitrogens with one attached hydrogen (secondary N) is 1. The Kier molecular flexibility index (Phi) is 7.63. The average molecular weight is 485 g/mol. The molecular formula is C30H36N4O2. The first kappa shape index (κ1) is 24.5. The number of hydrogen-bond acceptors (Lipinski definition) is 4. The largest absolute Gasteiger partial charge is 0.339 e. The minimum Gasteiger partial charge on any atom is -0.339 e. The second-order valence-electron chi connectivity index (χ2n) is 9.99. The molecule has 2 aliphatic rings. The fourth-order valence-electron chi connectivity index (χ4n) is 5.39. The third-order valence-electron chi connectivity index (χ3n) is 7.71. The van der Waals surface area contributed by atoms with E-state index in [1.165, 1.54) is 5.56 Å². The van der Waals surface area contributed by atoms with E-state index in [-0.39, 0.29) is 17.7 Å². The lowest BCUT2D eigenvalue weighted by atomic mass is 9.94. The zero-order valence-electron chi connectivity index (χ0n) is 21.2. The van der Waals surface area contributed by atoms with Crippen molar-refractivity contribution in [2.24, 2.45) is 5.92 Å². The van der Waals surface area contributed by atoms with Crippen molar-refractivity contribution in [1.82, 2.24) is 14.7 Å². The minimum atomic E-state index is -0.0731. The van der Waals surface area contributed by atoms with E-state index in [0.29, 0.717) is 25.9 Å². The van der Waals surface area contributed by atoms with Gasteiger partial charge in [-0.05, 0) is 53.9 Å². The Balaban J connectivity index is 1.11. The molecule has 0 unspecified atom stereocenters. The number of rotatable bonds is 6. The highest BCUT2D eigenvalue weighted by molar-refractivity contribution is 6.07. The lowest BCUT2D eigenvalue weighted by molar-refractivity contribution is -0.121. The molecule has 2 fully saturated rings. The smallest absolute Gasteiger partial charge is 0.254 e. The van der Waals surface area contributed by atoms with Gasteiger partial charge in [-0.2, -0.15) is 0 Å². The summed E-state index contributed by atoms with van der Waals surface area (Å²) in [5.41, 5.74) is 2.86. The Hall–Kier alpha value is -3.22. The van der Waals surface area contributed by atoms with E-state index in [0.717, 1.165) is 61.3 Å². The van der Waals surface area contributed by atoms with Crippen molar-refractivity contribution < 1.29 is 9.59 Å². The topological polar surface area (TPSA) is 55.9 Å². The summed E-state index contributed by atoms with van der Waals surface area (Å²) >= 11 is 0. The molecule has 6 heteroatoms. The van der Waals surface area contributed by atoms with E-state index < -0.39 is 0 Å². The number of hydrogen-bond donors (Lipinski definition) is 1.